The van der Waals surface area contributed by atoms with Gasteiger partial charge in [0.2, 0.25) is 0 Å². The second-order valence-electron chi connectivity index (χ2n) is 4.12. The van der Waals surface area contributed by atoms with Gasteiger partial charge in [-0.3, -0.25) is 0 Å². The number of aromatic nitrogens is 1. The molecule has 2 rings (SSSR count). The van der Waals surface area contributed by atoms with Crippen LogP contribution in [-0.4, -0.2) is 18.6 Å². The fraction of sp³-hybridized carbons (Fsp3) is 0.545. The maximum atomic E-state index is 5.54. The lowest BCUT2D eigenvalue weighted by molar-refractivity contribution is 0.321. The molecule has 1 heterocycles. The molecular weight excluding hydrogens is 174 g/mol. The van der Waals surface area contributed by atoms with E-state index < -0.39 is 0 Å². The van der Waals surface area contributed by atoms with Crippen molar-refractivity contribution in [3.05, 3.63) is 18.3 Å². The standard InChI is InChI=1S/C11H17N3/c1-14(8-9-3-2-4-9)10-5-6-11(12)13-7-10/h5-7,9H,2-4,8H2,1H3,(H2,12,13). The molecule has 14 heavy (non-hydrogen) atoms. The molecule has 1 aromatic rings. The van der Waals surface area contributed by atoms with Gasteiger partial charge in [-0.1, -0.05) is 6.42 Å². The van der Waals surface area contributed by atoms with E-state index in [1.54, 1.807) is 0 Å². The molecule has 0 bridgehead atoms. The van der Waals surface area contributed by atoms with Gasteiger partial charge in [-0.25, -0.2) is 4.98 Å². The second kappa shape index (κ2) is 3.86. The van der Waals surface area contributed by atoms with E-state index in [4.69, 9.17) is 5.73 Å². The molecular formula is C11H17N3. The zero-order valence-electron chi connectivity index (χ0n) is 8.61. The maximum absolute atomic E-state index is 5.54. The number of hydrogen-bond acceptors (Lipinski definition) is 3. The first-order valence-corrected chi connectivity index (χ1v) is 5.18. The molecule has 0 saturated heterocycles. The number of anilines is 2. The fourth-order valence-corrected chi connectivity index (χ4v) is 1.79. The minimum absolute atomic E-state index is 0.589. The number of nitrogens with zero attached hydrogens (tertiary/aromatic N) is 2. The van der Waals surface area contributed by atoms with Crippen LogP contribution in [0.1, 0.15) is 19.3 Å². The van der Waals surface area contributed by atoms with E-state index in [0.717, 1.165) is 18.2 Å². The highest BCUT2D eigenvalue weighted by Gasteiger charge is 2.19. The van der Waals surface area contributed by atoms with Crippen LogP contribution in [0.25, 0.3) is 0 Å². The Labute approximate surface area is 84.9 Å². The van der Waals surface area contributed by atoms with Crippen molar-refractivity contribution in [1.82, 2.24) is 4.98 Å². The molecule has 1 aromatic heterocycles. The molecule has 0 radical (unpaired) electrons. The summed E-state index contributed by atoms with van der Waals surface area (Å²) in [7, 11) is 2.12. The van der Waals surface area contributed by atoms with E-state index in [1.807, 2.05) is 18.3 Å². The predicted octanol–water partition coefficient (Wildman–Crippen LogP) is 1.90. The van der Waals surface area contributed by atoms with Crippen LogP contribution in [0.4, 0.5) is 11.5 Å². The normalized spacial score (nSPS) is 16.4. The van der Waals surface area contributed by atoms with Gasteiger partial charge in [0, 0.05) is 13.6 Å². The SMILES string of the molecule is CN(CC1CCC1)c1ccc(N)nc1. The lowest BCUT2D eigenvalue weighted by atomic mass is 9.85. The minimum Gasteiger partial charge on any atom is -0.384 e. The Bertz CT molecular complexity index is 290. The van der Waals surface area contributed by atoms with Crippen molar-refractivity contribution in [2.45, 2.75) is 19.3 Å². The Kier molecular flexibility index (Phi) is 2.57. The fourth-order valence-electron chi connectivity index (χ4n) is 1.79. The quantitative estimate of drug-likeness (QED) is 0.793. The molecule has 1 saturated carbocycles. The Morgan fingerprint density at radius 2 is 2.29 bits per heavy atom. The first-order valence-electron chi connectivity index (χ1n) is 5.18. The molecule has 2 N–H and O–H groups in total. The van der Waals surface area contributed by atoms with E-state index in [2.05, 4.69) is 16.9 Å². The monoisotopic (exact) mass is 191 g/mol. The number of pyridine rings is 1. The summed E-state index contributed by atoms with van der Waals surface area (Å²) in [5, 5.41) is 0. The molecule has 0 atom stereocenters. The van der Waals surface area contributed by atoms with E-state index in [9.17, 15) is 0 Å². The molecule has 1 fully saturated rings. The van der Waals surface area contributed by atoms with E-state index in [-0.39, 0.29) is 0 Å². The smallest absolute Gasteiger partial charge is 0.123 e. The summed E-state index contributed by atoms with van der Waals surface area (Å²) in [5.74, 6) is 1.48. The van der Waals surface area contributed by atoms with Crippen molar-refractivity contribution in [2.24, 2.45) is 5.92 Å². The van der Waals surface area contributed by atoms with Crippen LogP contribution in [-0.2, 0) is 0 Å². The summed E-state index contributed by atoms with van der Waals surface area (Å²) in [6, 6.07) is 3.88. The summed E-state index contributed by atoms with van der Waals surface area (Å²) in [5.41, 5.74) is 6.69. The zero-order valence-corrected chi connectivity index (χ0v) is 8.61. The molecule has 3 heteroatoms. The average Bonchev–Trinajstić information content (AvgIpc) is 2.12. The van der Waals surface area contributed by atoms with Crippen LogP contribution in [0.3, 0.4) is 0 Å². The average molecular weight is 191 g/mol. The first kappa shape index (κ1) is 9.31. The minimum atomic E-state index is 0.589. The van der Waals surface area contributed by atoms with E-state index in [1.165, 1.54) is 19.3 Å². The molecule has 3 nitrogen and oxygen atoms in total. The third kappa shape index (κ3) is 1.97. The highest BCUT2D eigenvalue weighted by atomic mass is 15.1. The van der Waals surface area contributed by atoms with Gasteiger partial charge < -0.3 is 10.6 Å². The van der Waals surface area contributed by atoms with Gasteiger partial charge in [0.05, 0.1) is 11.9 Å². The van der Waals surface area contributed by atoms with Crippen LogP contribution < -0.4 is 10.6 Å². The molecule has 0 aromatic carbocycles. The maximum Gasteiger partial charge on any atom is 0.123 e. The van der Waals surface area contributed by atoms with Crippen molar-refractivity contribution in [2.75, 3.05) is 24.2 Å². The zero-order chi connectivity index (χ0) is 9.97. The van der Waals surface area contributed by atoms with Crippen LogP contribution in [0.15, 0.2) is 18.3 Å². The van der Waals surface area contributed by atoms with Gasteiger partial charge >= 0.3 is 0 Å². The molecule has 0 amide bonds. The van der Waals surface area contributed by atoms with Gasteiger partial charge in [-0.2, -0.15) is 0 Å². The van der Waals surface area contributed by atoms with Gasteiger partial charge in [0.1, 0.15) is 5.82 Å². The molecule has 76 valence electrons. The van der Waals surface area contributed by atoms with Crippen LogP contribution in [0.2, 0.25) is 0 Å². The molecule has 1 aliphatic carbocycles. The summed E-state index contributed by atoms with van der Waals surface area (Å²) in [6.45, 7) is 1.14. The number of rotatable bonds is 3. The van der Waals surface area contributed by atoms with Crippen LogP contribution in [0, 0.1) is 5.92 Å². The van der Waals surface area contributed by atoms with Gasteiger partial charge in [-0.05, 0) is 30.9 Å². The summed E-state index contributed by atoms with van der Waals surface area (Å²) >= 11 is 0. The van der Waals surface area contributed by atoms with Crippen molar-refractivity contribution in [3.8, 4) is 0 Å². The lowest BCUT2D eigenvalue weighted by Crippen LogP contribution is -2.29. The van der Waals surface area contributed by atoms with Gasteiger partial charge in [0.25, 0.3) is 0 Å². The van der Waals surface area contributed by atoms with E-state index >= 15 is 0 Å². The number of nitrogens with two attached hydrogens (primary N) is 1. The highest BCUT2D eigenvalue weighted by Crippen LogP contribution is 2.28. The summed E-state index contributed by atoms with van der Waals surface area (Å²) in [4.78, 5) is 6.35. The first-order chi connectivity index (χ1) is 6.75. The molecule has 0 unspecified atom stereocenters. The molecule has 1 aliphatic rings. The third-order valence-electron chi connectivity index (χ3n) is 2.97. The summed E-state index contributed by atoms with van der Waals surface area (Å²) < 4.78 is 0. The Morgan fingerprint density at radius 3 is 2.79 bits per heavy atom. The Hall–Kier alpha value is -1.25. The van der Waals surface area contributed by atoms with E-state index in [0.29, 0.717) is 5.82 Å². The van der Waals surface area contributed by atoms with Crippen LogP contribution in [0.5, 0.6) is 0 Å². The topological polar surface area (TPSA) is 42.1 Å². The predicted molar refractivity (Wildman–Crippen MR) is 59.3 cm³/mol. The number of nitrogen functional groups attached to an aromatic ring is 1. The van der Waals surface area contributed by atoms with Gasteiger partial charge in [0.15, 0.2) is 0 Å². The lowest BCUT2D eigenvalue weighted by Gasteiger charge is -2.31. The largest absolute Gasteiger partial charge is 0.384 e. The second-order valence-corrected chi connectivity index (χ2v) is 4.12. The number of hydrogen-bond donors (Lipinski definition) is 1. The Morgan fingerprint density at radius 1 is 1.50 bits per heavy atom. The van der Waals surface area contributed by atoms with Crippen LogP contribution >= 0.6 is 0 Å². The van der Waals surface area contributed by atoms with Crippen molar-refractivity contribution >= 4 is 11.5 Å². The molecule has 0 aliphatic heterocycles. The van der Waals surface area contributed by atoms with Gasteiger partial charge in [-0.15, -0.1) is 0 Å². The highest BCUT2D eigenvalue weighted by molar-refractivity contribution is 5.47. The Balaban J connectivity index is 1.95. The van der Waals surface area contributed by atoms with Crippen molar-refractivity contribution in [1.29, 1.82) is 0 Å². The molecule has 0 spiro atoms. The summed E-state index contributed by atoms with van der Waals surface area (Å²) in [6.07, 6.45) is 6.01. The third-order valence-corrected chi connectivity index (χ3v) is 2.97. The van der Waals surface area contributed by atoms with Crippen molar-refractivity contribution in [3.63, 3.8) is 0 Å². The van der Waals surface area contributed by atoms with Crippen molar-refractivity contribution < 1.29 is 0 Å².